The highest BCUT2D eigenvalue weighted by atomic mass is 19.1. The lowest BCUT2D eigenvalue weighted by molar-refractivity contribution is 0.247. The van der Waals surface area contributed by atoms with E-state index >= 15 is 0 Å². The van der Waals surface area contributed by atoms with Crippen molar-refractivity contribution >= 4 is 17.3 Å². The van der Waals surface area contributed by atoms with Gasteiger partial charge in [-0.1, -0.05) is 65.9 Å². The minimum atomic E-state index is -1.06. The van der Waals surface area contributed by atoms with Crippen LogP contribution in [0.15, 0.2) is 72.8 Å². The van der Waals surface area contributed by atoms with E-state index in [0.29, 0.717) is 5.82 Å². The van der Waals surface area contributed by atoms with Gasteiger partial charge in [0.1, 0.15) is 5.82 Å². The number of para-hydroxylation sites is 1. The first-order chi connectivity index (χ1) is 14.0. The topological polar surface area (TPSA) is 101 Å². The second-order valence-corrected chi connectivity index (χ2v) is 6.92. The van der Waals surface area contributed by atoms with Crippen LogP contribution < -0.4 is 10.6 Å². The molecule has 29 heavy (non-hydrogen) atoms. The summed E-state index contributed by atoms with van der Waals surface area (Å²) in [5.41, 5.74) is 6.66. The number of amides is 2. The Balaban J connectivity index is 1.87. The van der Waals surface area contributed by atoms with Gasteiger partial charge in [-0.3, -0.25) is 4.90 Å². The number of H-pyrrole nitrogens is 1. The molecule has 146 valence electrons. The number of allylic oxidation sites excluding steroid dienone is 2. The Hall–Kier alpha value is -3.81. The molecule has 1 aromatic heterocycles. The molecule has 2 amide bonds. The lowest BCUT2D eigenvalue weighted by Crippen LogP contribution is -2.55. The molecule has 8 heteroatoms. The predicted molar refractivity (Wildman–Crippen MR) is 107 cm³/mol. The SMILES string of the molecule is CC1(N(C(N)=O)c2ccccc2F)C=CC(c2ccccc2)=CC1c1nn[nH]n1. The number of primary amides is 1. The Bertz CT molecular complexity index is 1080. The maximum absolute atomic E-state index is 14.6. The molecule has 0 fully saturated rings. The van der Waals surface area contributed by atoms with Gasteiger partial charge in [0.25, 0.3) is 0 Å². The summed E-state index contributed by atoms with van der Waals surface area (Å²) in [5, 5.41) is 14.3. The minimum absolute atomic E-state index is 0.0807. The zero-order valence-electron chi connectivity index (χ0n) is 15.7. The van der Waals surface area contributed by atoms with E-state index in [9.17, 15) is 9.18 Å². The van der Waals surface area contributed by atoms with Crippen LogP contribution in [0.4, 0.5) is 14.9 Å². The minimum Gasteiger partial charge on any atom is -0.351 e. The first-order valence-corrected chi connectivity index (χ1v) is 9.05. The Labute approximate surface area is 166 Å². The standard InChI is InChI=1S/C21H19FN6O/c1-21(28(20(23)29)18-10-6-5-9-17(18)22)12-11-15(14-7-3-2-4-8-14)13-16(21)19-24-26-27-25-19/h2-13,16H,1H3,(H2,23,29)(H,24,25,26,27). The van der Waals surface area contributed by atoms with E-state index in [-0.39, 0.29) is 5.69 Å². The van der Waals surface area contributed by atoms with Crippen LogP contribution in [-0.2, 0) is 0 Å². The molecule has 1 aliphatic carbocycles. The number of hydrogen-bond acceptors (Lipinski definition) is 4. The van der Waals surface area contributed by atoms with Crippen LogP contribution >= 0.6 is 0 Å². The van der Waals surface area contributed by atoms with Crippen LogP contribution in [0.1, 0.15) is 24.2 Å². The number of tetrazole rings is 1. The molecule has 0 saturated heterocycles. The van der Waals surface area contributed by atoms with Gasteiger partial charge in [0, 0.05) is 0 Å². The number of aromatic amines is 1. The van der Waals surface area contributed by atoms with Crippen LogP contribution in [0.5, 0.6) is 0 Å². The van der Waals surface area contributed by atoms with Crippen molar-refractivity contribution < 1.29 is 9.18 Å². The van der Waals surface area contributed by atoms with Gasteiger partial charge >= 0.3 is 6.03 Å². The van der Waals surface area contributed by atoms with Crippen molar-refractivity contribution in [3.63, 3.8) is 0 Å². The summed E-state index contributed by atoms with van der Waals surface area (Å²) in [5.74, 6) is -0.702. The first kappa shape index (κ1) is 18.5. The third-order valence-electron chi connectivity index (χ3n) is 5.12. The molecular weight excluding hydrogens is 371 g/mol. The normalized spacial score (nSPS) is 20.9. The van der Waals surface area contributed by atoms with Gasteiger partial charge < -0.3 is 5.73 Å². The van der Waals surface area contributed by atoms with E-state index in [4.69, 9.17) is 5.73 Å². The molecule has 1 heterocycles. The van der Waals surface area contributed by atoms with Crippen molar-refractivity contribution in [1.82, 2.24) is 20.6 Å². The van der Waals surface area contributed by atoms with Crippen molar-refractivity contribution in [2.45, 2.75) is 18.4 Å². The fourth-order valence-corrected chi connectivity index (χ4v) is 3.69. The molecule has 2 aromatic carbocycles. The smallest absolute Gasteiger partial charge is 0.320 e. The Kier molecular flexibility index (Phi) is 4.67. The summed E-state index contributed by atoms with van der Waals surface area (Å²) in [6, 6.07) is 15.0. The number of nitrogens with one attached hydrogen (secondary N) is 1. The molecule has 0 radical (unpaired) electrons. The molecule has 1 aliphatic rings. The van der Waals surface area contributed by atoms with Crippen LogP contribution in [0, 0.1) is 5.82 Å². The molecule has 7 nitrogen and oxygen atoms in total. The van der Waals surface area contributed by atoms with Crippen LogP contribution in [0.2, 0.25) is 0 Å². The largest absolute Gasteiger partial charge is 0.351 e. The summed E-state index contributed by atoms with van der Waals surface area (Å²) in [6.45, 7) is 1.79. The number of carbonyl (C=O) groups is 1. The number of hydrogen-bond donors (Lipinski definition) is 2. The molecule has 4 rings (SSSR count). The van der Waals surface area contributed by atoms with Crippen LogP contribution in [0.3, 0.4) is 0 Å². The van der Waals surface area contributed by atoms with Gasteiger partial charge in [-0.25, -0.2) is 9.18 Å². The number of anilines is 1. The van der Waals surface area contributed by atoms with Gasteiger partial charge in [-0.05, 0) is 30.2 Å². The van der Waals surface area contributed by atoms with Crippen LogP contribution in [0.25, 0.3) is 5.57 Å². The number of halogens is 1. The molecule has 2 atom stereocenters. The molecule has 3 N–H and O–H groups in total. The van der Waals surface area contributed by atoms with E-state index < -0.39 is 23.3 Å². The Morgan fingerprint density at radius 3 is 2.55 bits per heavy atom. The van der Waals surface area contributed by atoms with Crippen LogP contribution in [-0.4, -0.2) is 32.2 Å². The number of aromatic nitrogens is 4. The summed E-state index contributed by atoms with van der Waals surface area (Å²) < 4.78 is 14.6. The fraction of sp³-hybridized carbons (Fsp3) is 0.143. The van der Waals surface area contributed by atoms with Gasteiger partial charge in [0.15, 0.2) is 5.82 Å². The maximum atomic E-state index is 14.6. The zero-order valence-corrected chi connectivity index (χ0v) is 15.7. The zero-order chi connectivity index (χ0) is 20.4. The van der Waals surface area contributed by atoms with Crippen molar-refractivity contribution in [2.75, 3.05) is 4.90 Å². The van der Waals surface area contributed by atoms with Crippen molar-refractivity contribution in [2.24, 2.45) is 5.73 Å². The molecule has 0 saturated carbocycles. The van der Waals surface area contributed by atoms with E-state index in [0.717, 1.165) is 11.1 Å². The number of nitrogens with two attached hydrogens (primary N) is 1. The summed E-state index contributed by atoms with van der Waals surface area (Å²) >= 11 is 0. The predicted octanol–water partition coefficient (Wildman–Crippen LogP) is 3.42. The number of urea groups is 1. The second kappa shape index (κ2) is 7.31. The molecule has 0 spiro atoms. The monoisotopic (exact) mass is 390 g/mol. The van der Waals surface area contributed by atoms with E-state index in [1.54, 1.807) is 19.1 Å². The highest BCUT2D eigenvalue weighted by Crippen LogP contribution is 2.42. The number of rotatable bonds is 4. The third-order valence-corrected chi connectivity index (χ3v) is 5.12. The average molecular weight is 390 g/mol. The Morgan fingerprint density at radius 1 is 1.17 bits per heavy atom. The quantitative estimate of drug-likeness (QED) is 0.713. The highest BCUT2D eigenvalue weighted by molar-refractivity contribution is 5.94. The maximum Gasteiger partial charge on any atom is 0.320 e. The average Bonchev–Trinajstić information content (AvgIpc) is 3.25. The number of carbonyl (C=O) groups excluding carboxylic acids is 1. The number of benzene rings is 2. The molecule has 2 unspecified atom stereocenters. The summed E-state index contributed by atoms with van der Waals surface area (Å²) in [4.78, 5) is 13.7. The van der Waals surface area contributed by atoms with E-state index in [1.807, 2.05) is 48.6 Å². The molecular formula is C21H19FN6O. The summed E-state index contributed by atoms with van der Waals surface area (Å²) in [6.07, 6.45) is 5.66. The van der Waals surface area contributed by atoms with E-state index in [1.165, 1.54) is 17.0 Å². The molecule has 0 aliphatic heterocycles. The lowest BCUT2D eigenvalue weighted by atomic mass is 9.77. The van der Waals surface area contributed by atoms with Crippen molar-refractivity contribution in [1.29, 1.82) is 0 Å². The number of nitrogens with zero attached hydrogens (tertiary/aromatic N) is 4. The van der Waals surface area contributed by atoms with Crippen molar-refractivity contribution in [3.05, 3.63) is 90.0 Å². The first-order valence-electron chi connectivity index (χ1n) is 9.05. The van der Waals surface area contributed by atoms with Gasteiger partial charge in [0.2, 0.25) is 0 Å². The molecule has 3 aromatic rings. The van der Waals surface area contributed by atoms with E-state index in [2.05, 4.69) is 20.6 Å². The lowest BCUT2D eigenvalue weighted by Gasteiger charge is -2.43. The molecule has 0 bridgehead atoms. The third kappa shape index (κ3) is 3.29. The highest BCUT2D eigenvalue weighted by Gasteiger charge is 2.45. The fourth-order valence-electron chi connectivity index (χ4n) is 3.69. The van der Waals surface area contributed by atoms with Gasteiger partial charge in [-0.2, -0.15) is 5.21 Å². The Morgan fingerprint density at radius 2 is 1.90 bits per heavy atom. The van der Waals surface area contributed by atoms with Crippen molar-refractivity contribution in [3.8, 4) is 0 Å². The van der Waals surface area contributed by atoms with Gasteiger partial charge in [-0.15, -0.1) is 10.2 Å². The second-order valence-electron chi connectivity index (χ2n) is 6.92. The van der Waals surface area contributed by atoms with Gasteiger partial charge in [0.05, 0.1) is 17.1 Å². The summed E-state index contributed by atoms with van der Waals surface area (Å²) in [7, 11) is 0.